The van der Waals surface area contributed by atoms with E-state index in [2.05, 4.69) is 15.5 Å². The van der Waals surface area contributed by atoms with Gasteiger partial charge in [-0.1, -0.05) is 18.2 Å². The van der Waals surface area contributed by atoms with Crippen LogP contribution in [0.5, 0.6) is 0 Å². The van der Waals surface area contributed by atoms with Crippen molar-refractivity contribution < 1.29 is 4.79 Å². The number of aromatic nitrogens is 4. The van der Waals surface area contributed by atoms with Crippen molar-refractivity contribution in [2.75, 3.05) is 5.32 Å². The standard InChI is InChI=1S/C18H15N5O/c24-18(17-12-16-7-1-2-10-23(16)21-17)20-15-6-3-5-14(11-15)13-22-9-4-8-19-22/h1-12H,13H2,(H,20,24). The van der Waals surface area contributed by atoms with Crippen molar-refractivity contribution in [3.8, 4) is 0 Å². The van der Waals surface area contributed by atoms with Crippen LogP contribution in [0, 0.1) is 0 Å². The first kappa shape index (κ1) is 14.2. The summed E-state index contributed by atoms with van der Waals surface area (Å²) in [6, 6.07) is 17.1. The van der Waals surface area contributed by atoms with Crippen molar-refractivity contribution in [1.82, 2.24) is 19.4 Å². The van der Waals surface area contributed by atoms with Gasteiger partial charge in [0.15, 0.2) is 5.69 Å². The van der Waals surface area contributed by atoms with Gasteiger partial charge in [-0.2, -0.15) is 10.2 Å². The number of amides is 1. The molecule has 3 aromatic heterocycles. The molecule has 1 N–H and O–H groups in total. The highest BCUT2D eigenvalue weighted by atomic mass is 16.1. The van der Waals surface area contributed by atoms with Crippen LogP contribution >= 0.6 is 0 Å². The zero-order valence-corrected chi connectivity index (χ0v) is 12.8. The van der Waals surface area contributed by atoms with Crippen LogP contribution in [0.4, 0.5) is 5.69 Å². The molecule has 0 aliphatic carbocycles. The second-order valence-corrected chi connectivity index (χ2v) is 5.46. The van der Waals surface area contributed by atoms with E-state index in [1.165, 1.54) is 0 Å². The molecule has 0 aliphatic rings. The fraction of sp³-hybridized carbons (Fsp3) is 0.0556. The molecule has 24 heavy (non-hydrogen) atoms. The summed E-state index contributed by atoms with van der Waals surface area (Å²) >= 11 is 0. The third-order valence-electron chi connectivity index (χ3n) is 3.69. The van der Waals surface area contributed by atoms with Crippen molar-refractivity contribution in [2.24, 2.45) is 0 Å². The number of carbonyl (C=O) groups excluding carboxylic acids is 1. The Morgan fingerprint density at radius 3 is 2.83 bits per heavy atom. The Morgan fingerprint density at radius 1 is 1.04 bits per heavy atom. The predicted octanol–water partition coefficient (Wildman–Crippen LogP) is 2.83. The minimum atomic E-state index is -0.227. The molecule has 6 nitrogen and oxygen atoms in total. The molecule has 0 saturated carbocycles. The van der Waals surface area contributed by atoms with Gasteiger partial charge in [-0.05, 0) is 42.0 Å². The minimum Gasteiger partial charge on any atom is -0.321 e. The molecule has 0 radical (unpaired) electrons. The van der Waals surface area contributed by atoms with Crippen LogP contribution < -0.4 is 5.32 Å². The molecule has 0 fully saturated rings. The zero-order valence-electron chi connectivity index (χ0n) is 12.8. The number of anilines is 1. The van der Waals surface area contributed by atoms with E-state index in [-0.39, 0.29) is 5.91 Å². The number of hydrogen-bond donors (Lipinski definition) is 1. The highest BCUT2D eigenvalue weighted by Crippen LogP contribution is 2.14. The fourth-order valence-corrected chi connectivity index (χ4v) is 2.57. The lowest BCUT2D eigenvalue weighted by atomic mass is 10.2. The van der Waals surface area contributed by atoms with Gasteiger partial charge in [-0.25, -0.2) is 4.52 Å². The molecule has 0 aliphatic heterocycles. The molecule has 1 aromatic carbocycles. The smallest absolute Gasteiger partial charge is 0.276 e. The fourth-order valence-electron chi connectivity index (χ4n) is 2.57. The van der Waals surface area contributed by atoms with E-state index in [1.807, 2.05) is 65.6 Å². The number of hydrogen-bond acceptors (Lipinski definition) is 3. The van der Waals surface area contributed by atoms with Gasteiger partial charge in [0.25, 0.3) is 5.91 Å². The predicted molar refractivity (Wildman–Crippen MR) is 90.9 cm³/mol. The minimum absolute atomic E-state index is 0.227. The maximum absolute atomic E-state index is 12.4. The quantitative estimate of drug-likeness (QED) is 0.629. The topological polar surface area (TPSA) is 64.2 Å². The van der Waals surface area contributed by atoms with Crippen molar-refractivity contribution >= 4 is 17.1 Å². The summed E-state index contributed by atoms with van der Waals surface area (Å²) < 4.78 is 3.52. The summed E-state index contributed by atoms with van der Waals surface area (Å²) in [5, 5.41) is 11.4. The van der Waals surface area contributed by atoms with Crippen LogP contribution in [0.2, 0.25) is 0 Å². The highest BCUT2D eigenvalue weighted by Gasteiger charge is 2.11. The molecule has 4 aromatic rings. The summed E-state index contributed by atoms with van der Waals surface area (Å²) in [4.78, 5) is 12.4. The second kappa shape index (κ2) is 6.00. The van der Waals surface area contributed by atoms with Gasteiger partial charge in [-0.3, -0.25) is 9.48 Å². The van der Waals surface area contributed by atoms with E-state index in [4.69, 9.17) is 0 Å². The van der Waals surface area contributed by atoms with Gasteiger partial charge in [0.2, 0.25) is 0 Å². The summed E-state index contributed by atoms with van der Waals surface area (Å²) in [6.07, 6.45) is 5.47. The maximum atomic E-state index is 12.4. The maximum Gasteiger partial charge on any atom is 0.276 e. The van der Waals surface area contributed by atoms with Crippen molar-refractivity contribution in [3.05, 3.63) is 84.4 Å². The van der Waals surface area contributed by atoms with Gasteiger partial charge in [0.1, 0.15) is 0 Å². The van der Waals surface area contributed by atoms with Gasteiger partial charge < -0.3 is 5.32 Å². The summed E-state index contributed by atoms with van der Waals surface area (Å²) in [5.74, 6) is -0.227. The highest BCUT2D eigenvalue weighted by molar-refractivity contribution is 6.03. The molecule has 0 spiro atoms. The van der Waals surface area contributed by atoms with E-state index in [0.29, 0.717) is 12.2 Å². The molecule has 0 saturated heterocycles. The average molecular weight is 317 g/mol. The zero-order chi connectivity index (χ0) is 16.4. The van der Waals surface area contributed by atoms with Crippen LogP contribution in [0.15, 0.2) is 73.2 Å². The SMILES string of the molecule is O=C(Nc1cccc(Cn2cccn2)c1)c1cc2ccccn2n1. The van der Waals surface area contributed by atoms with Gasteiger partial charge >= 0.3 is 0 Å². The number of nitrogens with one attached hydrogen (secondary N) is 1. The normalized spacial score (nSPS) is 10.8. The van der Waals surface area contributed by atoms with E-state index in [0.717, 1.165) is 16.8 Å². The average Bonchev–Trinajstić information content (AvgIpc) is 3.24. The first-order valence-corrected chi connectivity index (χ1v) is 7.60. The first-order chi connectivity index (χ1) is 11.8. The van der Waals surface area contributed by atoms with Gasteiger partial charge in [0.05, 0.1) is 12.1 Å². The molecule has 0 bridgehead atoms. The van der Waals surface area contributed by atoms with Gasteiger partial charge in [-0.15, -0.1) is 0 Å². The molecule has 0 unspecified atom stereocenters. The number of fused-ring (bicyclic) bond motifs is 1. The Hall–Kier alpha value is -3.41. The first-order valence-electron chi connectivity index (χ1n) is 7.60. The number of rotatable bonds is 4. The van der Waals surface area contributed by atoms with Crippen LogP contribution in [-0.2, 0) is 6.54 Å². The number of nitrogens with zero attached hydrogens (tertiary/aromatic N) is 4. The molecule has 1 amide bonds. The van der Waals surface area contributed by atoms with E-state index >= 15 is 0 Å². The Kier molecular flexibility index (Phi) is 3.55. The molecular weight excluding hydrogens is 302 g/mol. The third kappa shape index (κ3) is 2.89. The lowest BCUT2D eigenvalue weighted by molar-refractivity contribution is 0.102. The van der Waals surface area contributed by atoms with Crippen molar-refractivity contribution in [2.45, 2.75) is 6.54 Å². The van der Waals surface area contributed by atoms with E-state index in [1.54, 1.807) is 16.8 Å². The monoisotopic (exact) mass is 317 g/mol. The van der Waals surface area contributed by atoms with E-state index < -0.39 is 0 Å². The summed E-state index contributed by atoms with van der Waals surface area (Å²) in [5.41, 5.74) is 3.07. The largest absolute Gasteiger partial charge is 0.321 e. The summed E-state index contributed by atoms with van der Waals surface area (Å²) in [7, 11) is 0. The Morgan fingerprint density at radius 2 is 2.00 bits per heavy atom. The van der Waals surface area contributed by atoms with Crippen molar-refractivity contribution in [1.29, 1.82) is 0 Å². The summed E-state index contributed by atoms with van der Waals surface area (Å²) in [6.45, 7) is 0.658. The third-order valence-corrected chi connectivity index (χ3v) is 3.69. The molecule has 3 heterocycles. The number of pyridine rings is 1. The molecular formula is C18H15N5O. The lowest BCUT2D eigenvalue weighted by Crippen LogP contribution is -2.13. The Bertz CT molecular complexity index is 955. The second-order valence-electron chi connectivity index (χ2n) is 5.46. The van der Waals surface area contributed by atoms with Gasteiger partial charge in [0, 0.05) is 24.3 Å². The lowest BCUT2D eigenvalue weighted by Gasteiger charge is -2.06. The van der Waals surface area contributed by atoms with E-state index in [9.17, 15) is 4.79 Å². The number of benzene rings is 1. The van der Waals surface area contributed by atoms with Crippen LogP contribution in [0.1, 0.15) is 16.1 Å². The molecule has 118 valence electrons. The molecule has 4 rings (SSSR count). The van der Waals surface area contributed by atoms with Crippen LogP contribution in [-0.4, -0.2) is 25.3 Å². The van der Waals surface area contributed by atoms with Crippen LogP contribution in [0.3, 0.4) is 0 Å². The van der Waals surface area contributed by atoms with Crippen molar-refractivity contribution in [3.63, 3.8) is 0 Å². The number of carbonyl (C=O) groups is 1. The van der Waals surface area contributed by atoms with Crippen LogP contribution in [0.25, 0.3) is 5.52 Å². The Balaban J connectivity index is 1.53. The molecule has 6 heteroatoms. The Labute approximate surface area is 138 Å². The molecule has 0 atom stereocenters.